The van der Waals surface area contributed by atoms with E-state index >= 15 is 9.59 Å². The predicted molar refractivity (Wildman–Crippen MR) is 304 cm³/mol. The van der Waals surface area contributed by atoms with Crippen LogP contribution in [0.5, 0.6) is 0 Å². The minimum Gasteiger partial charge on any atom is -0.372 e. The van der Waals surface area contributed by atoms with Gasteiger partial charge in [0.05, 0.1) is 0 Å². The highest BCUT2D eigenvalue weighted by Gasteiger charge is 2.28. The van der Waals surface area contributed by atoms with Crippen LogP contribution in [0.3, 0.4) is 0 Å². The molecule has 70 heavy (non-hydrogen) atoms. The predicted octanol–water partition coefficient (Wildman–Crippen LogP) is 13.8. The summed E-state index contributed by atoms with van der Waals surface area (Å²) in [6.45, 7) is 26.0. The molecule has 8 nitrogen and oxygen atoms in total. The number of hydrogen-bond donors (Lipinski definition) is 0. The SMILES string of the molecule is CCCCN(CCCC)c1ccc([N+](c2ccc(N(CCCC)CCCC)cc2)=c2c(=O)ccc(=O)c2=[N+](c2ccc(N(CCCC)CCCC)cc2)c2ccc(N(CCCC)CCCC)cc2)cc1. The van der Waals surface area contributed by atoms with Crippen LogP contribution in [-0.2, 0) is 0 Å². The topological polar surface area (TPSA) is 53.1 Å². The molecule has 0 bridgehead atoms. The monoisotopic (exact) mass is 951 g/mol. The summed E-state index contributed by atoms with van der Waals surface area (Å²) < 4.78 is 4.09. The van der Waals surface area contributed by atoms with Crippen LogP contribution in [0, 0.1) is 0 Å². The second kappa shape index (κ2) is 30.3. The van der Waals surface area contributed by atoms with E-state index in [9.17, 15) is 0 Å². The van der Waals surface area contributed by atoms with Gasteiger partial charge in [-0.2, -0.15) is 0 Å². The number of anilines is 4. The van der Waals surface area contributed by atoms with Gasteiger partial charge in [0.2, 0.25) is 22.7 Å². The number of hydrogen-bond acceptors (Lipinski definition) is 6. The largest absolute Gasteiger partial charge is 0.372 e. The average molecular weight is 951 g/mol. The van der Waals surface area contributed by atoms with Gasteiger partial charge in [-0.1, -0.05) is 107 Å². The van der Waals surface area contributed by atoms with Gasteiger partial charge in [0.25, 0.3) is 10.9 Å². The van der Waals surface area contributed by atoms with E-state index in [0.717, 1.165) is 178 Å². The van der Waals surface area contributed by atoms with Gasteiger partial charge >= 0.3 is 10.7 Å². The third-order valence-electron chi connectivity index (χ3n) is 13.7. The van der Waals surface area contributed by atoms with E-state index in [1.165, 1.54) is 34.9 Å². The van der Waals surface area contributed by atoms with Gasteiger partial charge in [0.1, 0.15) is 0 Å². The fourth-order valence-electron chi connectivity index (χ4n) is 9.31. The van der Waals surface area contributed by atoms with Gasteiger partial charge in [-0.25, -0.2) is 0 Å². The zero-order valence-electron chi connectivity index (χ0n) is 44.9. The fourth-order valence-corrected chi connectivity index (χ4v) is 9.31. The normalized spacial score (nSPS) is 11.2. The van der Waals surface area contributed by atoms with Crippen LogP contribution in [0.4, 0.5) is 45.5 Å². The lowest BCUT2D eigenvalue weighted by molar-refractivity contribution is 0.677. The maximum atomic E-state index is 15.0. The molecule has 5 aromatic rings. The molecule has 0 saturated carbocycles. The maximum absolute atomic E-state index is 15.0. The Hall–Kier alpha value is -5.50. The summed E-state index contributed by atoms with van der Waals surface area (Å²) in [5.41, 5.74) is 7.58. The summed E-state index contributed by atoms with van der Waals surface area (Å²) in [5, 5.41) is 0.674. The zero-order valence-corrected chi connectivity index (χ0v) is 44.9. The quantitative estimate of drug-likeness (QED) is 0.0400. The molecule has 5 aromatic carbocycles. The lowest BCUT2D eigenvalue weighted by atomic mass is 10.1. The van der Waals surface area contributed by atoms with E-state index in [-0.39, 0.29) is 10.9 Å². The highest BCUT2D eigenvalue weighted by molar-refractivity contribution is 5.63. The molecule has 0 fully saturated rings. The van der Waals surface area contributed by atoms with Gasteiger partial charge in [-0.15, -0.1) is 9.15 Å². The second-order valence-electron chi connectivity index (χ2n) is 19.3. The number of unbranched alkanes of at least 4 members (excludes halogenated alkanes) is 8. The summed E-state index contributed by atoms with van der Waals surface area (Å²) >= 11 is 0. The van der Waals surface area contributed by atoms with Gasteiger partial charge in [0, 0.05) is 124 Å². The molecule has 5 rings (SSSR count). The Kier molecular flexibility index (Phi) is 24.0. The summed E-state index contributed by atoms with van der Waals surface area (Å²) in [6, 6.07) is 37.6. The van der Waals surface area contributed by atoms with Gasteiger partial charge < -0.3 is 19.6 Å². The van der Waals surface area contributed by atoms with Crippen molar-refractivity contribution in [2.45, 2.75) is 158 Å². The highest BCUT2D eigenvalue weighted by atomic mass is 16.1. The number of nitrogens with zero attached hydrogens (tertiary/aromatic N) is 6. The summed E-state index contributed by atoms with van der Waals surface area (Å²) in [5.74, 6) is 0. The molecule has 0 aliphatic heterocycles. The Balaban J connectivity index is 1.90. The Morgan fingerprint density at radius 2 is 0.443 bits per heavy atom. The molecule has 0 spiro atoms. The van der Waals surface area contributed by atoms with Crippen LogP contribution in [0.2, 0.25) is 0 Å². The van der Waals surface area contributed by atoms with Gasteiger partial charge in [-0.3, -0.25) is 9.59 Å². The molecule has 0 aliphatic carbocycles. The van der Waals surface area contributed by atoms with Crippen LogP contribution >= 0.6 is 0 Å². The van der Waals surface area contributed by atoms with Crippen LogP contribution in [-0.4, -0.2) is 52.4 Å². The lowest BCUT2D eigenvalue weighted by Gasteiger charge is -2.25. The average Bonchev–Trinajstić information content (AvgIpc) is 3.39. The van der Waals surface area contributed by atoms with Crippen LogP contribution in [0.25, 0.3) is 0 Å². The van der Waals surface area contributed by atoms with Crippen molar-refractivity contribution in [1.29, 1.82) is 0 Å². The maximum Gasteiger partial charge on any atom is 0.336 e. The van der Waals surface area contributed by atoms with Crippen molar-refractivity contribution in [3.8, 4) is 0 Å². The summed E-state index contributed by atoms with van der Waals surface area (Å²) in [4.78, 5) is 40.0. The Morgan fingerprint density at radius 3 is 0.600 bits per heavy atom. The molecule has 0 N–H and O–H groups in total. The molecule has 0 unspecified atom stereocenters. The third kappa shape index (κ3) is 15.5. The fraction of sp³-hybridized carbons (Fsp3) is 0.516. The Labute approximate surface area is 423 Å². The molecule has 8 heteroatoms. The van der Waals surface area contributed by atoms with E-state index in [4.69, 9.17) is 0 Å². The number of rotatable bonds is 32. The lowest BCUT2D eigenvalue weighted by Crippen LogP contribution is -2.57. The van der Waals surface area contributed by atoms with Crippen molar-refractivity contribution in [3.05, 3.63) is 140 Å². The van der Waals surface area contributed by atoms with E-state index in [2.05, 4.69) is 172 Å². The van der Waals surface area contributed by atoms with E-state index in [1.54, 1.807) is 0 Å². The summed E-state index contributed by atoms with van der Waals surface area (Å²) in [7, 11) is 0. The van der Waals surface area contributed by atoms with Crippen molar-refractivity contribution in [2.24, 2.45) is 0 Å². The van der Waals surface area contributed by atoms with Gasteiger partial charge in [0.15, 0.2) is 0 Å². The molecule has 378 valence electrons. The number of benzene rings is 5. The van der Waals surface area contributed by atoms with Crippen molar-refractivity contribution >= 4 is 45.5 Å². The molecule has 0 aliphatic rings. The first-order valence-corrected chi connectivity index (χ1v) is 27.8. The minimum absolute atomic E-state index is 0.211. The minimum atomic E-state index is -0.211. The molecule has 0 amide bonds. The first kappa shape index (κ1) is 55.4. The van der Waals surface area contributed by atoms with E-state index < -0.39 is 0 Å². The molecule has 0 radical (unpaired) electrons. The highest BCUT2D eigenvalue weighted by Crippen LogP contribution is 2.29. The first-order chi connectivity index (χ1) is 34.3. The van der Waals surface area contributed by atoms with Crippen LogP contribution in [0.1, 0.15) is 158 Å². The van der Waals surface area contributed by atoms with E-state index in [1.807, 2.05) is 9.15 Å². The Morgan fingerprint density at radius 1 is 0.271 bits per heavy atom. The molecular formula is C62H90N6O2+2. The van der Waals surface area contributed by atoms with Crippen LogP contribution < -0.4 is 50.3 Å². The third-order valence-corrected chi connectivity index (χ3v) is 13.7. The van der Waals surface area contributed by atoms with Crippen molar-refractivity contribution in [3.63, 3.8) is 0 Å². The van der Waals surface area contributed by atoms with Gasteiger partial charge in [-0.05, 0) is 112 Å². The molecule has 0 saturated heterocycles. The second-order valence-corrected chi connectivity index (χ2v) is 19.3. The Bertz CT molecular complexity index is 2150. The first-order valence-electron chi connectivity index (χ1n) is 27.8. The van der Waals surface area contributed by atoms with Crippen molar-refractivity contribution in [1.82, 2.24) is 9.15 Å². The van der Waals surface area contributed by atoms with Crippen molar-refractivity contribution < 1.29 is 0 Å². The molecular weight excluding hydrogens is 861 g/mol. The molecule has 0 heterocycles. The molecule has 0 aromatic heterocycles. The van der Waals surface area contributed by atoms with Crippen LogP contribution in [0.15, 0.2) is 119 Å². The standard InChI is InChI=1S/C62H90N6O2/c1-9-17-43-63(44-18-10-2)51-25-33-55(34-26-51)67(56-35-27-52(28-36-56)64(45-19-11-3)46-20-12-4)61-59(69)41-42-60(70)62(61)68(57-37-29-53(30-38-57)65(47-21-13-5)48-22-14-6)58-39-31-54(32-40-58)66(49-23-15-7)50-24-16-8/h25-42H,9-24,43-50H2,1-8H3/q+2. The van der Waals surface area contributed by atoms with Crippen molar-refractivity contribution in [2.75, 3.05) is 72.0 Å². The molecule has 0 atom stereocenters. The zero-order chi connectivity index (χ0) is 50.1. The smallest absolute Gasteiger partial charge is 0.336 e. The van der Waals surface area contributed by atoms with E-state index in [0.29, 0.717) is 10.7 Å². The summed E-state index contributed by atoms with van der Waals surface area (Å²) in [6.07, 6.45) is 18.1.